The molecule has 6 nitrogen and oxygen atoms in total. The number of nitrogens with one attached hydrogen (secondary N) is 1. The number of hydrogen-bond acceptors (Lipinski definition) is 6. The highest BCUT2D eigenvalue weighted by Gasteiger charge is 2.15. The van der Waals surface area contributed by atoms with Crippen LogP contribution in [0.25, 0.3) is 0 Å². The summed E-state index contributed by atoms with van der Waals surface area (Å²) in [6.45, 7) is 4.04. The van der Waals surface area contributed by atoms with E-state index in [9.17, 15) is 0 Å². The maximum absolute atomic E-state index is 6.37. The Morgan fingerprint density at radius 3 is 1.93 bits per heavy atom. The molecule has 0 radical (unpaired) electrons. The van der Waals surface area contributed by atoms with Crippen LogP contribution >= 0.6 is 0 Å². The number of hydrogen-bond donors (Lipinski definition) is 2. The van der Waals surface area contributed by atoms with Crippen LogP contribution in [-0.2, 0) is 0 Å². The highest BCUT2D eigenvalue weighted by Crippen LogP contribution is 2.32. The Kier molecular flexibility index (Phi) is 5.48. The molecule has 0 saturated heterocycles. The predicted molar refractivity (Wildman–Crippen MR) is 121 cm³/mol. The number of para-hydroxylation sites is 2. The zero-order valence-corrected chi connectivity index (χ0v) is 16.9. The minimum absolute atomic E-state index is 0.304. The molecule has 6 heteroatoms. The molecule has 1 aromatic heterocycles. The maximum Gasteiger partial charge on any atom is 0.248 e. The minimum atomic E-state index is 0.304. The van der Waals surface area contributed by atoms with E-state index in [0.717, 1.165) is 22.5 Å². The van der Waals surface area contributed by atoms with Crippen LogP contribution in [-0.4, -0.2) is 9.97 Å². The second-order valence-electron chi connectivity index (χ2n) is 6.98. The zero-order chi connectivity index (χ0) is 20.9. The first-order chi connectivity index (χ1) is 14.6. The Bertz CT molecular complexity index is 1070. The summed E-state index contributed by atoms with van der Waals surface area (Å²) in [5, 5.41) is 1.92. The third kappa shape index (κ3) is 4.33. The van der Waals surface area contributed by atoms with Crippen molar-refractivity contribution < 1.29 is 4.74 Å². The number of nitrogens with zero attached hydrogens (tertiary/aromatic N) is 3. The smallest absolute Gasteiger partial charge is 0.248 e. The van der Waals surface area contributed by atoms with Crippen LogP contribution in [0.5, 0.6) is 11.6 Å². The molecule has 0 amide bonds. The van der Waals surface area contributed by atoms with E-state index in [1.54, 1.807) is 0 Å². The van der Waals surface area contributed by atoms with Crippen LogP contribution < -0.4 is 20.9 Å². The quantitative estimate of drug-likeness (QED) is 0.411. The van der Waals surface area contributed by atoms with Crippen LogP contribution in [0.15, 0.2) is 85.2 Å². The molecular formula is C24H23N5O. The fourth-order valence-corrected chi connectivity index (χ4v) is 3.19. The summed E-state index contributed by atoms with van der Waals surface area (Å²) >= 11 is 0. The number of anilines is 4. The van der Waals surface area contributed by atoms with Gasteiger partial charge < -0.3 is 10.5 Å². The van der Waals surface area contributed by atoms with E-state index in [1.165, 1.54) is 6.33 Å². The summed E-state index contributed by atoms with van der Waals surface area (Å²) in [7, 11) is 0. The molecule has 0 aliphatic carbocycles. The Labute approximate surface area is 176 Å². The summed E-state index contributed by atoms with van der Waals surface area (Å²) < 4.78 is 5.97. The Balaban J connectivity index is 1.67. The first-order valence-electron chi connectivity index (χ1n) is 9.63. The van der Waals surface area contributed by atoms with E-state index in [4.69, 9.17) is 10.5 Å². The van der Waals surface area contributed by atoms with Gasteiger partial charge in [0.05, 0.1) is 11.4 Å². The number of benzene rings is 3. The van der Waals surface area contributed by atoms with Crippen molar-refractivity contribution in [1.82, 2.24) is 9.97 Å². The number of rotatable bonds is 6. The lowest BCUT2D eigenvalue weighted by Crippen LogP contribution is -2.25. The van der Waals surface area contributed by atoms with Crippen molar-refractivity contribution in [3.63, 3.8) is 0 Å². The largest absolute Gasteiger partial charge is 0.437 e. The summed E-state index contributed by atoms with van der Waals surface area (Å²) in [4.78, 5) is 8.57. The Morgan fingerprint density at radius 2 is 1.37 bits per heavy atom. The van der Waals surface area contributed by atoms with Crippen molar-refractivity contribution in [3.8, 4) is 11.6 Å². The van der Waals surface area contributed by atoms with Crippen molar-refractivity contribution >= 4 is 22.9 Å². The molecule has 0 bridgehead atoms. The van der Waals surface area contributed by atoms with Crippen molar-refractivity contribution in [3.05, 3.63) is 96.3 Å². The number of aryl methyl sites for hydroxylation is 2. The van der Waals surface area contributed by atoms with Crippen LogP contribution in [0, 0.1) is 13.8 Å². The van der Waals surface area contributed by atoms with Gasteiger partial charge in [0.15, 0.2) is 5.82 Å². The van der Waals surface area contributed by atoms with Crippen LogP contribution in [0.2, 0.25) is 0 Å². The summed E-state index contributed by atoms with van der Waals surface area (Å²) in [5.41, 5.74) is 14.1. The van der Waals surface area contributed by atoms with E-state index in [1.807, 2.05) is 91.7 Å². The van der Waals surface area contributed by atoms with Gasteiger partial charge in [-0.2, -0.15) is 4.98 Å². The summed E-state index contributed by atoms with van der Waals surface area (Å²) in [5.74, 6) is 1.45. The van der Waals surface area contributed by atoms with Crippen molar-refractivity contribution in [2.24, 2.45) is 0 Å². The second kappa shape index (κ2) is 8.53. The van der Waals surface area contributed by atoms with Gasteiger partial charge in [0, 0.05) is 0 Å². The van der Waals surface area contributed by atoms with Gasteiger partial charge in [0.2, 0.25) is 5.88 Å². The molecule has 0 spiro atoms. The molecular weight excluding hydrogens is 374 g/mol. The standard InChI is InChI=1S/C24H23N5O/c1-17-13-18(2)15-21(14-17)30-24-22(25)23(26-16-27-24)28-29(19-9-5-3-6-10-19)20-11-7-4-8-12-20/h3-16H,25H2,1-2H3,(H,26,27,28). The van der Waals surface area contributed by atoms with Crippen LogP contribution in [0.1, 0.15) is 11.1 Å². The maximum atomic E-state index is 6.37. The molecule has 0 unspecified atom stereocenters. The number of aromatic nitrogens is 2. The average Bonchev–Trinajstić information content (AvgIpc) is 2.75. The molecule has 0 saturated carbocycles. The molecule has 0 fully saturated rings. The Hall–Kier alpha value is -4.06. The monoisotopic (exact) mass is 397 g/mol. The number of nitrogen functional groups attached to an aromatic ring is 1. The van der Waals surface area contributed by atoms with E-state index in [0.29, 0.717) is 23.1 Å². The molecule has 0 aliphatic heterocycles. The van der Waals surface area contributed by atoms with Crippen LogP contribution in [0.4, 0.5) is 22.9 Å². The molecule has 30 heavy (non-hydrogen) atoms. The highest BCUT2D eigenvalue weighted by molar-refractivity contribution is 5.74. The van der Waals surface area contributed by atoms with Gasteiger partial charge in [-0.3, -0.25) is 10.4 Å². The van der Waals surface area contributed by atoms with Crippen molar-refractivity contribution in [2.75, 3.05) is 16.2 Å². The Morgan fingerprint density at radius 1 is 0.800 bits per heavy atom. The van der Waals surface area contributed by atoms with Gasteiger partial charge in [-0.1, -0.05) is 42.5 Å². The van der Waals surface area contributed by atoms with E-state index in [2.05, 4.69) is 21.5 Å². The number of nitrogens with two attached hydrogens (primary N) is 1. The lowest BCUT2D eigenvalue weighted by Gasteiger charge is -2.26. The van der Waals surface area contributed by atoms with Gasteiger partial charge in [-0.05, 0) is 61.4 Å². The molecule has 150 valence electrons. The van der Waals surface area contributed by atoms with E-state index in [-0.39, 0.29) is 0 Å². The molecule has 0 aliphatic rings. The molecule has 1 heterocycles. The SMILES string of the molecule is Cc1cc(C)cc(Oc2ncnc(NN(c3ccccc3)c3ccccc3)c2N)c1. The lowest BCUT2D eigenvalue weighted by atomic mass is 10.1. The molecule has 0 atom stereocenters. The topological polar surface area (TPSA) is 76.3 Å². The first-order valence-corrected chi connectivity index (χ1v) is 9.63. The lowest BCUT2D eigenvalue weighted by molar-refractivity contribution is 0.464. The van der Waals surface area contributed by atoms with E-state index < -0.39 is 0 Å². The van der Waals surface area contributed by atoms with Crippen molar-refractivity contribution in [1.29, 1.82) is 0 Å². The predicted octanol–water partition coefficient (Wildman–Crippen LogP) is 5.63. The summed E-state index contributed by atoms with van der Waals surface area (Å²) in [6.07, 6.45) is 1.44. The van der Waals surface area contributed by atoms with Gasteiger partial charge in [-0.25, -0.2) is 4.98 Å². The molecule has 3 N–H and O–H groups in total. The van der Waals surface area contributed by atoms with Gasteiger partial charge in [-0.15, -0.1) is 0 Å². The fourth-order valence-electron chi connectivity index (χ4n) is 3.19. The third-order valence-electron chi connectivity index (χ3n) is 4.50. The third-order valence-corrected chi connectivity index (χ3v) is 4.50. The highest BCUT2D eigenvalue weighted by atomic mass is 16.5. The molecule has 4 rings (SSSR count). The van der Waals surface area contributed by atoms with Gasteiger partial charge in [0.1, 0.15) is 17.8 Å². The number of ether oxygens (including phenoxy) is 1. The van der Waals surface area contributed by atoms with Gasteiger partial charge in [0.25, 0.3) is 0 Å². The van der Waals surface area contributed by atoms with Crippen LogP contribution in [0.3, 0.4) is 0 Å². The van der Waals surface area contributed by atoms with Gasteiger partial charge >= 0.3 is 0 Å². The average molecular weight is 397 g/mol. The number of hydrazine groups is 1. The molecule has 4 aromatic rings. The minimum Gasteiger partial charge on any atom is -0.437 e. The first kappa shape index (κ1) is 19.3. The molecule has 3 aromatic carbocycles. The summed E-state index contributed by atoms with van der Waals surface area (Å²) in [6, 6.07) is 25.8. The normalized spacial score (nSPS) is 10.5. The fraction of sp³-hybridized carbons (Fsp3) is 0.0833. The van der Waals surface area contributed by atoms with Crippen molar-refractivity contribution in [2.45, 2.75) is 13.8 Å². The zero-order valence-electron chi connectivity index (χ0n) is 16.9. The van der Waals surface area contributed by atoms with E-state index >= 15 is 0 Å². The second-order valence-corrected chi connectivity index (χ2v) is 6.98.